The number of nitrogens with zero attached hydrogens (tertiary/aromatic N) is 3. The van der Waals surface area contributed by atoms with Crippen LogP contribution < -0.4 is 0 Å². The number of rotatable bonds is 3. The zero-order valence-electron chi connectivity index (χ0n) is 12.9. The first kappa shape index (κ1) is 15.0. The summed E-state index contributed by atoms with van der Waals surface area (Å²) in [7, 11) is 0. The number of likely N-dealkylation sites (tertiary alicyclic amines) is 1. The minimum Gasteiger partial charge on any atom is -0.338 e. The maximum absolute atomic E-state index is 12.5. The van der Waals surface area contributed by atoms with Crippen LogP contribution >= 0.6 is 12.2 Å². The maximum Gasteiger partial charge on any atom is 0.242 e. The zero-order valence-corrected chi connectivity index (χ0v) is 13.7. The van der Waals surface area contributed by atoms with Crippen LogP contribution in [0.5, 0.6) is 0 Å². The van der Waals surface area contributed by atoms with Gasteiger partial charge in [-0.2, -0.15) is 5.10 Å². The van der Waals surface area contributed by atoms with Gasteiger partial charge in [-0.3, -0.25) is 14.5 Å². The summed E-state index contributed by atoms with van der Waals surface area (Å²) in [5, 5.41) is 7.09. The summed E-state index contributed by atoms with van der Waals surface area (Å²) in [5.41, 5.74) is 2.15. The van der Waals surface area contributed by atoms with Gasteiger partial charge in [0.25, 0.3) is 0 Å². The van der Waals surface area contributed by atoms with Crippen LogP contribution in [0.15, 0.2) is 24.3 Å². The Kier molecular flexibility index (Phi) is 4.11. The number of amides is 1. The molecule has 2 aromatic rings. The Hall–Kier alpha value is -1.95. The molecule has 1 aliphatic heterocycles. The lowest BCUT2D eigenvalue weighted by molar-refractivity contribution is -0.132. The molecule has 2 heterocycles. The van der Waals surface area contributed by atoms with Crippen molar-refractivity contribution in [2.45, 2.75) is 39.3 Å². The molecule has 1 aliphatic rings. The molecule has 1 saturated heterocycles. The minimum atomic E-state index is 0.107. The summed E-state index contributed by atoms with van der Waals surface area (Å²) in [6.45, 7) is 5.22. The molecule has 1 aromatic heterocycles. The van der Waals surface area contributed by atoms with E-state index in [2.05, 4.69) is 17.1 Å². The first-order chi connectivity index (χ1) is 10.6. The Morgan fingerprint density at radius 1 is 1.41 bits per heavy atom. The lowest BCUT2D eigenvalue weighted by Crippen LogP contribution is -2.36. The van der Waals surface area contributed by atoms with Gasteiger partial charge >= 0.3 is 0 Å². The fourth-order valence-corrected chi connectivity index (χ4v) is 3.11. The second-order valence-corrected chi connectivity index (χ2v) is 6.27. The van der Waals surface area contributed by atoms with Crippen molar-refractivity contribution in [1.82, 2.24) is 19.7 Å². The highest BCUT2D eigenvalue weighted by atomic mass is 32.1. The predicted molar refractivity (Wildman–Crippen MR) is 88.0 cm³/mol. The molecule has 6 heteroatoms. The van der Waals surface area contributed by atoms with Crippen molar-refractivity contribution < 1.29 is 4.79 Å². The van der Waals surface area contributed by atoms with E-state index in [0.29, 0.717) is 16.6 Å². The number of nitrogens with one attached hydrogen (secondary N) is 1. The van der Waals surface area contributed by atoms with Crippen molar-refractivity contribution in [3.63, 3.8) is 0 Å². The first-order valence-electron chi connectivity index (χ1n) is 7.58. The predicted octanol–water partition coefficient (Wildman–Crippen LogP) is 2.93. The van der Waals surface area contributed by atoms with Crippen molar-refractivity contribution in [3.05, 3.63) is 34.6 Å². The fraction of sp³-hybridized carbons (Fsp3) is 0.438. The minimum absolute atomic E-state index is 0.107. The highest BCUT2D eigenvalue weighted by Crippen LogP contribution is 2.20. The molecule has 0 spiro atoms. The van der Waals surface area contributed by atoms with Gasteiger partial charge in [-0.1, -0.05) is 29.8 Å². The molecule has 22 heavy (non-hydrogen) atoms. The van der Waals surface area contributed by atoms with Crippen LogP contribution in [0.25, 0.3) is 11.4 Å². The summed E-state index contributed by atoms with van der Waals surface area (Å²) < 4.78 is 2.27. The Labute approximate surface area is 135 Å². The van der Waals surface area contributed by atoms with Gasteiger partial charge in [0.1, 0.15) is 6.54 Å². The van der Waals surface area contributed by atoms with Gasteiger partial charge in [0.05, 0.1) is 0 Å². The number of aromatic amines is 1. The van der Waals surface area contributed by atoms with Gasteiger partial charge < -0.3 is 4.90 Å². The van der Waals surface area contributed by atoms with Crippen molar-refractivity contribution >= 4 is 18.1 Å². The van der Waals surface area contributed by atoms with Crippen LogP contribution in [0.1, 0.15) is 25.3 Å². The Bertz CT molecular complexity index is 731. The quantitative estimate of drug-likeness (QED) is 0.886. The largest absolute Gasteiger partial charge is 0.338 e. The average Bonchev–Trinajstić information content (AvgIpc) is 3.07. The van der Waals surface area contributed by atoms with Gasteiger partial charge in [0, 0.05) is 18.2 Å². The molecule has 1 aromatic carbocycles. The van der Waals surface area contributed by atoms with E-state index >= 15 is 0 Å². The SMILES string of the molecule is Cc1ccc(-c2n[nH]c(=S)n2CC(=O)N2CCC[C@H]2C)cc1. The normalized spacial score (nSPS) is 17.9. The number of carbonyl (C=O) groups excluding carboxylic acids is 1. The van der Waals surface area contributed by atoms with E-state index in [1.807, 2.05) is 36.1 Å². The second kappa shape index (κ2) is 6.04. The Morgan fingerprint density at radius 3 is 2.77 bits per heavy atom. The van der Waals surface area contributed by atoms with Gasteiger partial charge in [-0.25, -0.2) is 0 Å². The van der Waals surface area contributed by atoms with Gasteiger partial charge in [-0.05, 0) is 38.9 Å². The third-order valence-corrected chi connectivity index (χ3v) is 4.55. The third kappa shape index (κ3) is 2.83. The van der Waals surface area contributed by atoms with E-state index in [4.69, 9.17) is 12.2 Å². The lowest BCUT2D eigenvalue weighted by atomic mass is 10.1. The van der Waals surface area contributed by atoms with E-state index < -0.39 is 0 Å². The van der Waals surface area contributed by atoms with E-state index in [-0.39, 0.29) is 12.5 Å². The molecule has 3 rings (SSSR count). The van der Waals surface area contributed by atoms with Crippen molar-refractivity contribution in [3.8, 4) is 11.4 Å². The topological polar surface area (TPSA) is 53.9 Å². The average molecular weight is 316 g/mol. The molecule has 0 saturated carbocycles. The second-order valence-electron chi connectivity index (χ2n) is 5.88. The molecule has 5 nitrogen and oxygen atoms in total. The number of H-pyrrole nitrogens is 1. The molecule has 1 amide bonds. The molecular formula is C16H20N4OS. The van der Waals surface area contributed by atoms with Gasteiger partial charge in [-0.15, -0.1) is 0 Å². The zero-order chi connectivity index (χ0) is 15.7. The van der Waals surface area contributed by atoms with E-state index in [1.54, 1.807) is 4.57 Å². The van der Waals surface area contributed by atoms with Crippen molar-refractivity contribution in [1.29, 1.82) is 0 Å². The lowest BCUT2D eigenvalue weighted by Gasteiger charge is -2.21. The van der Waals surface area contributed by atoms with Crippen LogP contribution in [0.3, 0.4) is 0 Å². The summed E-state index contributed by atoms with van der Waals surface area (Å²) >= 11 is 5.30. The molecule has 116 valence electrons. The summed E-state index contributed by atoms with van der Waals surface area (Å²) in [6.07, 6.45) is 2.15. The van der Waals surface area contributed by atoms with Crippen molar-refractivity contribution in [2.75, 3.05) is 6.54 Å². The number of aromatic nitrogens is 3. The van der Waals surface area contributed by atoms with Crippen LogP contribution in [-0.4, -0.2) is 38.2 Å². The van der Waals surface area contributed by atoms with E-state index in [1.165, 1.54) is 5.56 Å². The highest BCUT2D eigenvalue weighted by molar-refractivity contribution is 7.71. The van der Waals surface area contributed by atoms with Gasteiger partial charge in [0.2, 0.25) is 5.91 Å². The summed E-state index contributed by atoms with van der Waals surface area (Å²) in [5.74, 6) is 0.820. The molecule has 0 bridgehead atoms. The molecule has 1 atom stereocenters. The highest BCUT2D eigenvalue weighted by Gasteiger charge is 2.26. The van der Waals surface area contributed by atoms with Crippen molar-refractivity contribution in [2.24, 2.45) is 0 Å². The summed E-state index contributed by atoms with van der Waals surface area (Å²) in [4.78, 5) is 14.5. The number of hydrogen-bond acceptors (Lipinski definition) is 3. The molecule has 1 fully saturated rings. The standard InChI is InChI=1S/C16H20N4OS/c1-11-5-7-13(8-6-11)15-17-18-16(22)20(15)10-14(21)19-9-3-4-12(19)2/h5-8,12H,3-4,9-10H2,1-2H3,(H,18,22)/t12-/m1/s1. The number of benzene rings is 1. The molecule has 0 aliphatic carbocycles. The number of aryl methyl sites for hydroxylation is 1. The smallest absolute Gasteiger partial charge is 0.242 e. The Balaban J connectivity index is 1.88. The first-order valence-corrected chi connectivity index (χ1v) is 7.99. The molecule has 0 unspecified atom stereocenters. The van der Waals surface area contributed by atoms with Crippen LogP contribution in [0.4, 0.5) is 0 Å². The molecule has 0 radical (unpaired) electrons. The van der Waals surface area contributed by atoms with Gasteiger partial charge in [0.15, 0.2) is 10.6 Å². The molecule has 1 N–H and O–H groups in total. The maximum atomic E-state index is 12.5. The third-order valence-electron chi connectivity index (χ3n) is 4.23. The van der Waals surface area contributed by atoms with E-state index in [0.717, 1.165) is 24.9 Å². The fourth-order valence-electron chi connectivity index (χ4n) is 2.92. The van der Waals surface area contributed by atoms with Crippen LogP contribution in [-0.2, 0) is 11.3 Å². The number of hydrogen-bond donors (Lipinski definition) is 1. The summed E-state index contributed by atoms with van der Waals surface area (Å²) in [6, 6.07) is 8.37. The number of carbonyl (C=O) groups is 1. The van der Waals surface area contributed by atoms with Crippen LogP contribution in [0.2, 0.25) is 0 Å². The Morgan fingerprint density at radius 2 is 2.14 bits per heavy atom. The molecular weight excluding hydrogens is 296 g/mol. The van der Waals surface area contributed by atoms with Crippen LogP contribution in [0, 0.1) is 11.7 Å². The monoisotopic (exact) mass is 316 g/mol. The van der Waals surface area contributed by atoms with E-state index in [9.17, 15) is 4.79 Å².